The Morgan fingerprint density at radius 1 is 1.45 bits per heavy atom. The number of methoxy groups -OCH3 is 1. The molecule has 0 aliphatic heterocycles. The third-order valence-corrected chi connectivity index (χ3v) is 4.60. The molecule has 0 bridgehead atoms. The predicted octanol–water partition coefficient (Wildman–Crippen LogP) is 1.17. The molecule has 7 heteroatoms. The second-order valence-corrected chi connectivity index (χ2v) is 6.19. The highest BCUT2D eigenvalue weighted by molar-refractivity contribution is 7.91. The number of amides is 1. The van der Waals surface area contributed by atoms with Gasteiger partial charge in [-0.2, -0.15) is 0 Å². The first-order valence-corrected chi connectivity index (χ1v) is 7.51. The van der Waals surface area contributed by atoms with E-state index in [0.29, 0.717) is 5.75 Å². The van der Waals surface area contributed by atoms with Crippen LogP contribution in [0.2, 0.25) is 0 Å². The first-order valence-electron chi connectivity index (χ1n) is 5.86. The highest BCUT2D eigenvalue weighted by atomic mass is 32.2. The summed E-state index contributed by atoms with van der Waals surface area (Å²) >= 11 is 0. The van der Waals surface area contributed by atoms with Crippen molar-refractivity contribution in [3.63, 3.8) is 0 Å². The van der Waals surface area contributed by atoms with Gasteiger partial charge in [0.2, 0.25) is 5.91 Å². The summed E-state index contributed by atoms with van der Waals surface area (Å²) in [6, 6.07) is 5.88. The van der Waals surface area contributed by atoms with Crippen LogP contribution >= 0.6 is 0 Å². The van der Waals surface area contributed by atoms with E-state index in [4.69, 9.17) is 9.94 Å². The lowest BCUT2D eigenvalue weighted by atomic mass is 10.1. The van der Waals surface area contributed by atoms with E-state index in [9.17, 15) is 13.2 Å². The number of carbonyl (C=O) groups is 1. The molecule has 110 valence electrons. The molecule has 1 aromatic carbocycles. The van der Waals surface area contributed by atoms with Crippen molar-refractivity contribution in [3.05, 3.63) is 36.9 Å². The maximum absolute atomic E-state index is 12.2. The third kappa shape index (κ3) is 4.07. The molecule has 2 N–H and O–H groups in total. The van der Waals surface area contributed by atoms with E-state index in [0.717, 1.165) is 0 Å². The highest BCUT2D eigenvalue weighted by Gasteiger charge is 2.25. The molecule has 0 fully saturated rings. The lowest BCUT2D eigenvalue weighted by Gasteiger charge is -2.13. The molecule has 0 saturated carbocycles. The summed E-state index contributed by atoms with van der Waals surface area (Å²) in [6.07, 6.45) is 1.59. The topological polar surface area (TPSA) is 92.7 Å². The predicted molar refractivity (Wildman–Crippen MR) is 73.3 cm³/mol. The Morgan fingerprint density at radius 3 is 2.50 bits per heavy atom. The molecule has 1 rings (SSSR count). The average molecular weight is 299 g/mol. The molecule has 0 radical (unpaired) electrons. The fraction of sp³-hybridized carbons (Fsp3) is 0.308. The van der Waals surface area contributed by atoms with E-state index < -0.39 is 27.4 Å². The summed E-state index contributed by atoms with van der Waals surface area (Å²) < 4.78 is 29.4. The zero-order chi connectivity index (χ0) is 15.2. The quantitative estimate of drug-likeness (QED) is 0.448. The van der Waals surface area contributed by atoms with E-state index in [1.807, 2.05) is 0 Å². The highest BCUT2D eigenvalue weighted by Crippen LogP contribution is 2.19. The average Bonchev–Trinajstić information content (AvgIpc) is 2.45. The zero-order valence-corrected chi connectivity index (χ0v) is 11.9. The molecule has 0 aliphatic rings. The van der Waals surface area contributed by atoms with Gasteiger partial charge in [0, 0.05) is 0 Å². The van der Waals surface area contributed by atoms with Crippen LogP contribution in [0.1, 0.15) is 6.42 Å². The van der Waals surface area contributed by atoms with Crippen molar-refractivity contribution in [1.29, 1.82) is 0 Å². The van der Waals surface area contributed by atoms with E-state index in [2.05, 4.69) is 6.58 Å². The molecule has 1 unspecified atom stereocenters. The molecule has 1 amide bonds. The van der Waals surface area contributed by atoms with Crippen LogP contribution in [-0.2, 0) is 14.6 Å². The SMILES string of the molecule is C=CCC(CS(=O)(=O)c1ccc(OC)cc1)C(=O)NO. The Balaban J connectivity index is 2.96. The molecular formula is C13H17NO5S. The molecule has 20 heavy (non-hydrogen) atoms. The Labute approximate surface area is 117 Å². The van der Waals surface area contributed by atoms with Crippen molar-refractivity contribution < 1.29 is 23.2 Å². The van der Waals surface area contributed by atoms with Gasteiger partial charge in [0.1, 0.15) is 5.75 Å². The summed E-state index contributed by atoms with van der Waals surface area (Å²) in [7, 11) is -2.16. The Bertz CT molecular complexity index is 565. The Kier molecular flexibility index (Phi) is 5.72. The van der Waals surface area contributed by atoms with Crippen molar-refractivity contribution in [2.24, 2.45) is 5.92 Å². The van der Waals surface area contributed by atoms with Crippen LogP contribution in [0.5, 0.6) is 5.75 Å². The number of allylic oxidation sites excluding steroid dienone is 1. The van der Waals surface area contributed by atoms with Crippen molar-refractivity contribution >= 4 is 15.7 Å². The summed E-state index contributed by atoms with van der Waals surface area (Å²) in [5, 5.41) is 8.62. The van der Waals surface area contributed by atoms with Crippen LogP contribution in [0.25, 0.3) is 0 Å². The zero-order valence-electron chi connectivity index (χ0n) is 11.1. The fourth-order valence-electron chi connectivity index (χ4n) is 1.69. The van der Waals surface area contributed by atoms with E-state index in [1.165, 1.54) is 42.9 Å². The summed E-state index contributed by atoms with van der Waals surface area (Å²) in [5.41, 5.74) is 1.47. The molecule has 0 aliphatic carbocycles. The van der Waals surface area contributed by atoms with Gasteiger partial charge in [-0.25, -0.2) is 13.9 Å². The van der Waals surface area contributed by atoms with Crippen LogP contribution in [0, 0.1) is 5.92 Å². The van der Waals surface area contributed by atoms with Crippen molar-refractivity contribution in [2.45, 2.75) is 11.3 Å². The van der Waals surface area contributed by atoms with Crippen LogP contribution in [0.3, 0.4) is 0 Å². The van der Waals surface area contributed by atoms with Gasteiger partial charge in [-0.3, -0.25) is 10.0 Å². The fourth-order valence-corrected chi connectivity index (χ4v) is 3.25. The van der Waals surface area contributed by atoms with E-state index in [-0.39, 0.29) is 11.3 Å². The number of hydrogen-bond acceptors (Lipinski definition) is 5. The van der Waals surface area contributed by atoms with E-state index >= 15 is 0 Å². The van der Waals surface area contributed by atoms with Crippen molar-refractivity contribution in [1.82, 2.24) is 5.48 Å². The largest absolute Gasteiger partial charge is 0.497 e. The maximum atomic E-state index is 12.2. The van der Waals surface area contributed by atoms with Gasteiger partial charge in [0.05, 0.1) is 23.7 Å². The van der Waals surface area contributed by atoms with Crippen molar-refractivity contribution in [3.8, 4) is 5.75 Å². The molecule has 0 aromatic heterocycles. The Morgan fingerprint density at radius 2 is 2.05 bits per heavy atom. The van der Waals surface area contributed by atoms with Gasteiger partial charge in [0.25, 0.3) is 0 Å². The second kappa shape index (κ2) is 7.06. The molecule has 0 heterocycles. The number of hydrogen-bond donors (Lipinski definition) is 2. The number of nitrogens with one attached hydrogen (secondary N) is 1. The number of benzene rings is 1. The lowest BCUT2D eigenvalue weighted by molar-refractivity contribution is -0.132. The van der Waals surface area contributed by atoms with Gasteiger partial charge >= 0.3 is 0 Å². The molecule has 1 atom stereocenters. The minimum absolute atomic E-state index is 0.0955. The number of hydroxylamine groups is 1. The molecule has 1 aromatic rings. The summed E-state index contributed by atoms with van der Waals surface area (Å²) in [4.78, 5) is 11.5. The molecule has 0 saturated heterocycles. The first kappa shape index (κ1) is 16.2. The molecule has 0 spiro atoms. The summed E-state index contributed by atoms with van der Waals surface area (Å²) in [5.74, 6) is -1.50. The standard InChI is InChI=1S/C13H17NO5S/c1-3-4-10(13(15)14-16)9-20(17,18)12-7-5-11(19-2)6-8-12/h3,5-8,10,16H,1,4,9H2,2H3,(H,14,15). The van der Waals surface area contributed by atoms with Crippen LogP contribution in [0.4, 0.5) is 0 Å². The van der Waals surface area contributed by atoms with Gasteiger partial charge < -0.3 is 4.74 Å². The van der Waals surface area contributed by atoms with Gasteiger partial charge in [-0.15, -0.1) is 6.58 Å². The van der Waals surface area contributed by atoms with Crippen molar-refractivity contribution in [2.75, 3.05) is 12.9 Å². The maximum Gasteiger partial charge on any atom is 0.247 e. The molecular weight excluding hydrogens is 282 g/mol. The minimum Gasteiger partial charge on any atom is -0.497 e. The summed E-state index contributed by atoms with van der Waals surface area (Å²) in [6.45, 7) is 3.47. The van der Waals surface area contributed by atoms with E-state index in [1.54, 1.807) is 0 Å². The molecule has 6 nitrogen and oxygen atoms in total. The van der Waals surface area contributed by atoms with Crippen LogP contribution in [0.15, 0.2) is 41.8 Å². The van der Waals surface area contributed by atoms with Gasteiger partial charge in [-0.05, 0) is 30.7 Å². The first-order chi connectivity index (χ1) is 9.44. The minimum atomic E-state index is -3.64. The monoisotopic (exact) mass is 299 g/mol. The normalized spacial score (nSPS) is 12.5. The number of ether oxygens (including phenoxy) is 1. The Hall–Kier alpha value is -1.86. The lowest BCUT2D eigenvalue weighted by Crippen LogP contribution is -2.32. The smallest absolute Gasteiger partial charge is 0.247 e. The number of rotatable bonds is 7. The van der Waals surface area contributed by atoms with Gasteiger partial charge in [0.15, 0.2) is 9.84 Å². The third-order valence-electron chi connectivity index (χ3n) is 2.77. The number of carbonyl (C=O) groups excluding carboxylic acids is 1. The number of sulfone groups is 1. The van der Waals surface area contributed by atoms with Crippen LogP contribution < -0.4 is 10.2 Å². The van der Waals surface area contributed by atoms with Crippen LogP contribution in [-0.4, -0.2) is 32.4 Å². The van der Waals surface area contributed by atoms with Gasteiger partial charge in [-0.1, -0.05) is 6.08 Å². The second-order valence-electron chi connectivity index (χ2n) is 4.15.